The van der Waals surface area contributed by atoms with Crippen molar-refractivity contribution in [3.63, 3.8) is 0 Å². The van der Waals surface area contributed by atoms with Gasteiger partial charge in [-0.3, -0.25) is 9.59 Å². The number of halogens is 1. The number of hydrogen-bond acceptors (Lipinski definition) is 4. The van der Waals surface area contributed by atoms with Crippen molar-refractivity contribution in [2.24, 2.45) is 0 Å². The number of carbonyl (C=O) groups excluding carboxylic acids is 3. The van der Waals surface area contributed by atoms with Crippen LogP contribution in [-0.4, -0.2) is 17.8 Å². The summed E-state index contributed by atoms with van der Waals surface area (Å²) in [5.74, 6) is -1.04. The van der Waals surface area contributed by atoms with Gasteiger partial charge in [0, 0.05) is 10.6 Å². The first kappa shape index (κ1) is 26.0. The van der Waals surface area contributed by atoms with Gasteiger partial charge >= 0.3 is 6.03 Å². The Morgan fingerprint density at radius 3 is 1.90 bits per heavy atom. The van der Waals surface area contributed by atoms with Crippen LogP contribution in [0.4, 0.5) is 16.2 Å². The van der Waals surface area contributed by atoms with E-state index in [-0.39, 0.29) is 12.2 Å². The smallest absolute Gasteiger partial charge is 0.343 e. The number of rotatable bonds is 6. The maximum absolute atomic E-state index is 13.8. The first-order valence-electron chi connectivity index (χ1n) is 12.9. The number of barbiturate groups is 1. The van der Waals surface area contributed by atoms with Crippen LogP contribution in [0.3, 0.4) is 0 Å². The zero-order chi connectivity index (χ0) is 28.3. The van der Waals surface area contributed by atoms with Crippen LogP contribution in [0.5, 0.6) is 5.75 Å². The van der Waals surface area contributed by atoms with Gasteiger partial charge in [-0.05, 0) is 64.9 Å². The van der Waals surface area contributed by atoms with Crippen LogP contribution in [-0.2, 0) is 16.2 Å². The van der Waals surface area contributed by atoms with Crippen molar-refractivity contribution in [3.8, 4) is 5.75 Å². The molecule has 7 heteroatoms. The number of imide groups is 2. The van der Waals surface area contributed by atoms with Gasteiger partial charge in [0.2, 0.25) is 0 Å². The van der Waals surface area contributed by atoms with Crippen molar-refractivity contribution in [3.05, 3.63) is 143 Å². The highest BCUT2D eigenvalue weighted by Crippen LogP contribution is 2.32. The molecule has 1 aliphatic heterocycles. The predicted molar refractivity (Wildman–Crippen MR) is 161 cm³/mol. The zero-order valence-corrected chi connectivity index (χ0v) is 22.5. The first-order chi connectivity index (χ1) is 20.0. The molecule has 1 aliphatic rings. The second kappa shape index (κ2) is 11.1. The number of urea groups is 1. The molecule has 0 bridgehead atoms. The maximum atomic E-state index is 13.8. The van der Waals surface area contributed by atoms with Gasteiger partial charge in [0.05, 0.1) is 11.4 Å². The monoisotopic (exact) mass is 558 g/mol. The summed E-state index contributed by atoms with van der Waals surface area (Å²) in [6.07, 6.45) is 1.44. The highest BCUT2D eigenvalue weighted by molar-refractivity contribution is 6.46. The third kappa shape index (κ3) is 5.09. The molecule has 1 saturated heterocycles. The van der Waals surface area contributed by atoms with Crippen LogP contribution in [0.1, 0.15) is 11.1 Å². The second-order valence-corrected chi connectivity index (χ2v) is 9.84. The number of hydrogen-bond donors (Lipinski definition) is 0. The lowest BCUT2D eigenvalue weighted by atomic mass is 10.0. The number of anilines is 2. The van der Waals surface area contributed by atoms with E-state index in [9.17, 15) is 14.4 Å². The third-order valence-electron chi connectivity index (χ3n) is 6.81. The van der Waals surface area contributed by atoms with Crippen molar-refractivity contribution >= 4 is 57.7 Å². The Balaban J connectivity index is 1.41. The molecule has 0 radical (unpaired) electrons. The molecule has 0 N–H and O–H groups in total. The van der Waals surface area contributed by atoms with Gasteiger partial charge in [-0.15, -0.1) is 0 Å². The summed E-state index contributed by atoms with van der Waals surface area (Å²) in [6, 6.07) is 35.3. The van der Waals surface area contributed by atoms with Gasteiger partial charge in [0.25, 0.3) is 11.8 Å². The van der Waals surface area contributed by atoms with Crippen LogP contribution < -0.4 is 14.5 Å². The molecule has 6 nitrogen and oxygen atoms in total. The summed E-state index contributed by atoms with van der Waals surface area (Å²) in [6.45, 7) is 0.256. The Kier molecular flexibility index (Phi) is 7.06. The molecule has 1 heterocycles. The van der Waals surface area contributed by atoms with Gasteiger partial charge < -0.3 is 4.74 Å². The van der Waals surface area contributed by atoms with E-state index in [0.717, 1.165) is 26.1 Å². The van der Waals surface area contributed by atoms with E-state index in [1.165, 1.54) is 6.08 Å². The average molecular weight is 559 g/mol. The Morgan fingerprint density at radius 2 is 1.24 bits per heavy atom. The Bertz CT molecular complexity index is 1750. The fourth-order valence-corrected chi connectivity index (χ4v) is 5.01. The van der Waals surface area contributed by atoms with Crippen LogP contribution >= 0.6 is 11.6 Å². The van der Waals surface area contributed by atoms with Crippen LogP contribution in [0.15, 0.2) is 127 Å². The topological polar surface area (TPSA) is 66.9 Å². The van der Waals surface area contributed by atoms with E-state index in [4.69, 9.17) is 16.3 Å². The van der Waals surface area contributed by atoms with Gasteiger partial charge in [0.15, 0.2) is 0 Å². The molecule has 0 spiro atoms. The largest absolute Gasteiger partial charge is 0.488 e. The molecule has 5 aromatic rings. The number of para-hydroxylation sites is 2. The number of ether oxygens (including phenoxy) is 1. The summed E-state index contributed by atoms with van der Waals surface area (Å²) in [5.41, 5.74) is 1.91. The average Bonchev–Trinajstić information content (AvgIpc) is 3.00. The van der Waals surface area contributed by atoms with Crippen LogP contribution in [0.25, 0.3) is 16.8 Å². The highest BCUT2D eigenvalue weighted by atomic mass is 35.5. The number of fused-ring (bicyclic) bond motifs is 1. The van der Waals surface area contributed by atoms with E-state index < -0.39 is 17.8 Å². The number of amides is 4. The minimum atomic E-state index is -0.756. The fraction of sp³-hybridized carbons (Fsp3) is 0.0294. The standard InChI is InChI=1S/C34H23ClN2O4/c35-26-18-19-31(41-22-24-12-9-11-23-10-7-8-17-29(23)24)25(20-26)21-30-32(38)36(27-13-3-1-4-14-27)34(40)37(33(30)39)28-15-5-2-6-16-28/h1-21H,22H2. The summed E-state index contributed by atoms with van der Waals surface area (Å²) in [4.78, 5) is 43.1. The van der Waals surface area contributed by atoms with E-state index in [0.29, 0.717) is 27.7 Å². The molecular weight excluding hydrogens is 536 g/mol. The van der Waals surface area contributed by atoms with Gasteiger partial charge in [-0.2, -0.15) is 0 Å². The number of nitrogens with zero attached hydrogens (tertiary/aromatic N) is 2. The summed E-state index contributed by atoms with van der Waals surface area (Å²) >= 11 is 6.35. The number of carbonyl (C=O) groups is 3. The second-order valence-electron chi connectivity index (χ2n) is 9.40. The van der Waals surface area contributed by atoms with Crippen molar-refractivity contribution in [1.29, 1.82) is 0 Å². The molecule has 200 valence electrons. The van der Waals surface area contributed by atoms with Crippen molar-refractivity contribution < 1.29 is 19.1 Å². The third-order valence-corrected chi connectivity index (χ3v) is 7.05. The van der Waals surface area contributed by atoms with E-state index in [1.807, 2.05) is 42.5 Å². The van der Waals surface area contributed by atoms with E-state index in [2.05, 4.69) is 0 Å². The maximum Gasteiger partial charge on any atom is 0.343 e. The summed E-state index contributed by atoms with van der Waals surface area (Å²) < 4.78 is 6.22. The van der Waals surface area contributed by atoms with Crippen LogP contribution in [0.2, 0.25) is 5.02 Å². The molecular formula is C34H23ClN2O4. The normalized spacial score (nSPS) is 13.6. The summed E-state index contributed by atoms with van der Waals surface area (Å²) in [7, 11) is 0. The van der Waals surface area contributed by atoms with Crippen LogP contribution in [0, 0.1) is 0 Å². The lowest BCUT2D eigenvalue weighted by molar-refractivity contribution is -0.121. The highest BCUT2D eigenvalue weighted by Gasteiger charge is 2.43. The molecule has 0 saturated carbocycles. The first-order valence-corrected chi connectivity index (χ1v) is 13.3. The van der Waals surface area contributed by atoms with Crippen molar-refractivity contribution in [2.75, 3.05) is 9.80 Å². The molecule has 0 unspecified atom stereocenters. The van der Waals surface area contributed by atoms with Crippen molar-refractivity contribution in [2.45, 2.75) is 6.61 Å². The lowest BCUT2D eigenvalue weighted by Gasteiger charge is -2.34. The fourth-order valence-electron chi connectivity index (χ4n) is 4.83. The van der Waals surface area contributed by atoms with E-state index >= 15 is 0 Å². The van der Waals surface area contributed by atoms with Gasteiger partial charge in [-0.25, -0.2) is 14.6 Å². The van der Waals surface area contributed by atoms with Gasteiger partial charge in [0.1, 0.15) is 17.9 Å². The molecule has 0 atom stereocenters. The SMILES string of the molecule is O=C1C(=Cc2cc(Cl)ccc2OCc2cccc3ccccc23)C(=O)N(c2ccccc2)C(=O)N1c1ccccc1. The minimum absolute atomic E-state index is 0.199. The quantitative estimate of drug-likeness (QED) is 0.158. The molecule has 4 amide bonds. The minimum Gasteiger partial charge on any atom is -0.488 e. The van der Waals surface area contributed by atoms with E-state index in [1.54, 1.807) is 78.9 Å². The predicted octanol–water partition coefficient (Wildman–Crippen LogP) is 7.66. The molecule has 1 fully saturated rings. The Morgan fingerprint density at radius 1 is 0.659 bits per heavy atom. The molecule has 6 rings (SSSR count). The lowest BCUT2D eigenvalue weighted by Crippen LogP contribution is -2.57. The molecule has 5 aromatic carbocycles. The number of benzene rings is 5. The van der Waals surface area contributed by atoms with Crippen molar-refractivity contribution in [1.82, 2.24) is 0 Å². The Labute approximate surface area is 241 Å². The Hall–Kier alpha value is -5.20. The summed E-state index contributed by atoms with van der Waals surface area (Å²) in [5, 5.41) is 2.56. The zero-order valence-electron chi connectivity index (χ0n) is 21.7. The molecule has 0 aromatic heterocycles. The molecule has 41 heavy (non-hydrogen) atoms. The van der Waals surface area contributed by atoms with Gasteiger partial charge in [-0.1, -0.05) is 90.5 Å². The molecule has 0 aliphatic carbocycles.